The molecule has 9 heteroatoms. The number of H-pyrrole nitrogens is 1. The molecule has 0 unspecified atom stereocenters. The van der Waals surface area contributed by atoms with Crippen molar-refractivity contribution in [2.24, 2.45) is 0 Å². The van der Waals surface area contributed by atoms with E-state index in [0.29, 0.717) is 11.1 Å². The van der Waals surface area contributed by atoms with Crippen LogP contribution in [0.25, 0.3) is 0 Å². The van der Waals surface area contributed by atoms with Crippen molar-refractivity contribution in [2.45, 2.75) is 12.6 Å². The van der Waals surface area contributed by atoms with Crippen LogP contribution >= 0.6 is 0 Å². The number of nitrogens with zero attached hydrogens (tertiary/aromatic N) is 1. The van der Waals surface area contributed by atoms with Gasteiger partial charge >= 0.3 is 17.6 Å². The summed E-state index contributed by atoms with van der Waals surface area (Å²) in [5.41, 5.74) is -0.400. The minimum atomic E-state index is -0.849. The average Bonchev–Trinajstić information content (AvgIpc) is 2.82. The summed E-state index contributed by atoms with van der Waals surface area (Å²) in [5, 5.41) is 0. The maximum Gasteiger partial charge on any atom is 0.338 e. The number of nitrogens with one attached hydrogen (secondary N) is 1. The molecule has 1 N–H and O–H groups in total. The van der Waals surface area contributed by atoms with Crippen LogP contribution in [0.2, 0.25) is 0 Å². The van der Waals surface area contributed by atoms with Gasteiger partial charge in [-0.15, -0.1) is 0 Å². The molecule has 0 bridgehead atoms. The molecule has 2 aromatic carbocycles. The van der Waals surface area contributed by atoms with Gasteiger partial charge in [0.2, 0.25) is 0 Å². The lowest BCUT2D eigenvalue weighted by molar-refractivity contribution is -0.0396. The highest BCUT2D eigenvalue weighted by molar-refractivity contribution is 5.89. The molecule has 1 aromatic heterocycles. The van der Waals surface area contributed by atoms with Gasteiger partial charge in [0.05, 0.1) is 24.3 Å². The average molecular weight is 438 g/mol. The van der Waals surface area contributed by atoms with Crippen LogP contribution < -0.4 is 11.2 Å². The van der Waals surface area contributed by atoms with Gasteiger partial charge < -0.3 is 14.2 Å². The van der Waals surface area contributed by atoms with Gasteiger partial charge in [0.1, 0.15) is 12.8 Å². The Labute approximate surface area is 183 Å². The standard InChI is InChI=1S/C23H22N2O7/c26-19-11-13-25(23(29)24-19)20(12-14-31-21(27)17-7-3-1-4-8-17)30-15-16-32-22(28)18-9-5-2-6-10-18/h1-11,13,20H,12,14-16H2,(H,24,26,29)/t20-/m0/s1. The summed E-state index contributed by atoms with van der Waals surface area (Å²) in [4.78, 5) is 49.8. The van der Waals surface area contributed by atoms with E-state index in [-0.39, 0.29) is 26.2 Å². The fourth-order valence-electron chi connectivity index (χ4n) is 2.84. The number of hydrogen-bond donors (Lipinski definition) is 1. The zero-order valence-corrected chi connectivity index (χ0v) is 17.1. The van der Waals surface area contributed by atoms with Crippen molar-refractivity contribution >= 4 is 11.9 Å². The Kier molecular flexibility index (Phi) is 8.10. The minimum absolute atomic E-state index is 0.0125. The zero-order chi connectivity index (χ0) is 22.8. The van der Waals surface area contributed by atoms with E-state index < -0.39 is 29.4 Å². The predicted molar refractivity (Wildman–Crippen MR) is 114 cm³/mol. The first-order valence-electron chi connectivity index (χ1n) is 9.92. The van der Waals surface area contributed by atoms with Crippen molar-refractivity contribution in [3.05, 3.63) is 105 Å². The molecule has 0 fully saturated rings. The molecule has 1 atom stereocenters. The normalized spacial score (nSPS) is 11.5. The Bertz CT molecular complexity index is 1140. The summed E-state index contributed by atoms with van der Waals surface area (Å²) in [6, 6.07) is 18.2. The smallest absolute Gasteiger partial charge is 0.338 e. The third kappa shape index (κ3) is 6.51. The number of esters is 2. The molecule has 0 aliphatic heterocycles. The second-order valence-corrected chi connectivity index (χ2v) is 6.64. The molecule has 0 aliphatic carbocycles. The lowest BCUT2D eigenvalue weighted by Gasteiger charge is -2.20. The van der Waals surface area contributed by atoms with E-state index in [1.54, 1.807) is 60.7 Å². The number of hydrogen-bond acceptors (Lipinski definition) is 7. The molecule has 0 radical (unpaired) electrons. The van der Waals surface area contributed by atoms with Crippen LogP contribution in [0.3, 0.4) is 0 Å². The third-order valence-corrected chi connectivity index (χ3v) is 4.41. The molecule has 9 nitrogen and oxygen atoms in total. The highest BCUT2D eigenvalue weighted by Gasteiger charge is 2.16. The summed E-state index contributed by atoms with van der Waals surface area (Å²) in [5.74, 6) is -1.00. The summed E-state index contributed by atoms with van der Waals surface area (Å²) >= 11 is 0. The van der Waals surface area contributed by atoms with E-state index in [9.17, 15) is 19.2 Å². The molecule has 166 valence electrons. The van der Waals surface area contributed by atoms with Crippen molar-refractivity contribution in [3.63, 3.8) is 0 Å². The van der Waals surface area contributed by atoms with Crippen LogP contribution in [0.15, 0.2) is 82.5 Å². The zero-order valence-electron chi connectivity index (χ0n) is 17.1. The van der Waals surface area contributed by atoms with Crippen LogP contribution in [-0.2, 0) is 14.2 Å². The summed E-state index contributed by atoms with van der Waals surface area (Å²) in [7, 11) is 0. The van der Waals surface area contributed by atoms with Gasteiger partial charge in [-0.1, -0.05) is 36.4 Å². The third-order valence-electron chi connectivity index (χ3n) is 4.41. The second-order valence-electron chi connectivity index (χ2n) is 6.64. The monoisotopic (exact) mass is 438 g/mol. The molecule has 32 heavy (non-hydrogen) atoms. The van der Waals surface area contributed by atoms with E-state index in [1.807, 2.05) is 0 Å². The minimum Gasteiger partial charge on any atom is -0.462 e. The molecule has 0 aliphatic rings. The van der Waals surface area contributed by atoms with E-state index in [2.05, 4.69) is 4.98 Å². The highest BCUT2D eigenvalue weighted by Crippen LogP contribution is 2.12. The first-order chi connectivity index (χ1) is 15.5. The molecule has 0 saturated heterocycles. The van der Waals surface area contributed by atoms with Crippen LogP contribution in [-0.4, -0.2) is 41.3 Å². The van der Waals surface area contributed by atoms with Crippen molar-refractivity contribution in [3.8, 4) is 0 Å². The number of ether oxygens (including phenoxy) is 3. The van der Waals surface area contributed by atoms with Crippen LogP contribution in [0.1, 0.15) is 33.4 Å². The Morgan fingerprint density at radius 1 is 0.781 bits per heavy atom. The van der Waals surface area contributed by atoms with Crippen LogP contribution in [0, 0.1) is 0 Å². The molecular formula is C23H22N2O7. The van der Waals surface area contributed by atoms with Gasteiger partial charge in [-0.25, -0.2) is 14.4 Å². The Morgan fingerprint density at radius 3 is 1.91 bits per heavy atom. The fourth-order valence-corrected chi connectivity index (χ4v) is 2.84. The number of aromatic amines is 1. The van der Waals surface area contributed by atoms with Crippen LogP contribution in [0.4, 0.5) is 0 Å². The first-order valence-corrected chi connectivity index (χ1v) is 9.92. The van der Waals surface area contributed by atoms with Crippen molar-refractivity contribution in [1.29, 1.82) is 0 Å². The molecule has 3 aromatic rings. The molecule has 1 heterocycles. The van der Waals surface area contributed by atoms with Gasteiger partial charge in [0, 0.05) is 18.7 Å². The maximum absolute atomic E-state index is 12.2. The number of rotatable bonds is 10. The molecule has 3 rings (SSSR count). The lowest BCUT2D eigenvalue weighted by Crippen LogP contribution is -2.33. The maximum atomic E-state index is 12.2. The Hall–Kier alpha value is -3.98. The number of carbonyl (C=O) groups excluding carboxylic acids is 2. The van der Waals surface area contributed by atoms with Crippen molar-refractivity contribution < 1.29 is 23.8 Å². The van der Waals surface area contributed by atoms with E-state index in [1.165, 1.54) is 16.8 Å². The molecule has 0 spiro atoms. The molecule has 0 amide bonds. The van der Waals surface area contributed by atoms with Gasteiger partial charge in [-0.05, 0) is 24.3 Å². The summed E-state index contributed by atoms with van der Waals surface area (Å²) < 4.78 is 17.3. The summed E-state index contributed by atoms with van der Waals surface area (Å²) in [6.07, 6.45) is 0.580. The topological polar surface area (TPSA) is 117 Å². The first kappa shape index (κ1) is 22.7. The Balaban J connectivity index is 1.57. The quantitative estimate of drug-likeness (QED) is 0.381. The van der Waals surface area contributed by atoms with Crippen molar-refractivity contribution in [2.75, 3.05) is 19.8 Å². The summed E-state index contributed by atoms with van der Waals surface area (Å²) in [6.45, 7) is -0.0959. The van der Waals surface area contributed by atoms with Gasteiger partial charge in [-0.3, -0.25) is 14.3 Å². The number of aromatic nitrogens is 2. The Morgan fingerprint density at radius 2 is 1.34 bits per heavy atom. The number of carbonyl (C=O) groups is 2. The SMILES string of the molecule is O=C(OCCO[C@@H](CCOC(=O)c1ccccc1)n1ccc(=O)[nH]c1=O)c1ccccc1. The predicted octanol–water partition coefficient (Wildman–Crippen LogP) is 2.16. The van der Waals surface area contributed by atoms with Crippen molar-refractivity contribution in [1.82, 2.24) is 9.55 Å². The highest BCUT2D eigenvalue weighted by atomic mass is 16.6. The largest absolute Gasteiger partial charge is 0.462 e. The van der Waals surface area contributed by atoms with Crippen LogP contribution in [0.5, 0.6) is 0 Å². The second kappa shape index (κ2) is 11.4. The molecular weight excluding hydrogens is 416 g/mol. The number of benzene rings is 2. The van der Waals surface area contributed by atoms with E-state index >= 15 is 0 Å². The fraction of sp³-hybridized carbons (Fsp3) is 0.217. The van der Waals surface area contributed by atoms with E-state index in [4.69, 9.17) is 14.2 Å². The lowest BCUT2D eigenvalue weighted by atomic mass is 10.2. The van der Waals surface area contributed by atoms with E-state index in [0.717, 1.165) is 0 Å². The van der Waals surface area contributed by atoms with Gasteiger partial charge in [0.25, 0.3) is 5.56 Å². The molecule has 0 saturated carbocycles. The van der Waals surface area contributed by atoms with Gasteiger partial charge in [-0.2, -0.15) is 0 Å². The van der Waals surface area contributed by atoms with Gasteiger partial charge in [0.15, 0.2) is 0 Å².